The number of ether oxygens (including phenoxy) is 1. The van der Waals surface area contributed by atoms with Gasteiger partial charge in [0, 0.05) is 17.3 Å². The molecule has 0 saturated heterocycles. The molecule has 0 bridgehead atoms. The van der Waals surface area contributed by atoms with Crippen molar-refractivity contribution in [3.63, 3.8) is 0 Å². The van der Waals surface area contributed by atoms with Gasteiger partial charge in [0.2, 0.25) is 0 Å². The number of nitrogens with one attached hydrogen (secondary N) is 1. The quantitative estimate of drug-likeness (QED) is 0.364. The number of hydrogen-bond acceptors (Lipinski definition) is 4. The Labute approximate surface area is 178 Å². The summed E-state index contributed by atoms with van der Waals surface area (Å²) in [4.78, 5) is 12.0. The lowest BCUT2D eigenvalue weighted by molar-refractivity contribution is -0.123. The number of hydrazone groups is 1. The van der Waals surface area contributed by atoms with Gasteiger partial charge in [-0.25, -0.2) is 14.5 Å². The molecule has 0 aliphatic carbocycles. The zero-order valence-electron chi connectivity index (χ0n) is 16.5. The fraction of sp³-hybridized carbons (Fsp3) is 0.0417. The molecule has 4 rings (SSSR count). The zero-order valence-corrected chi connectivity index (χ0v) is 16.5. The molecule has 0 aliphatic rings. The Bertz CT molecular complexity index is 1170. The van der Waals surface area contributed by atoms with E-state index in [0.717, 1.165) is 11.3 Å². The Morgan fingerprint density at radius 2 is 1.68 bits per heavy atom. The van der Waals surface area contributed by atoms with Crippen molar-refractivity contribution in [2.75, 3.05) is 6.61 Å². The van der Waals surface area contributed by atoms with E-state index in [1.807, 2.05) is 48.5 Å². The molecule has 0 fully saturated rings. The topological polar surface area (TPSA) is 68.5 Å². The van der Waals surface area contributed by atoms with Crippen LogP contribution >= 0.6 is 0 Å². The molecule has 1 aromatic heterocycles. The van der Waals surface area contributed by atoms with Crippen LogP contribution in [-0.4, -0.2) is 28.5 Å². The highest BCUT2D eigenvalue weighted by atomic mass is 19.1. The second-order valence-electron chi connectivity index (χ2n) is 6.61. The summed E-state index contributed by atoms with van der Waals surface area (Å²) in [5, 5.41) is 8.65. The molecular formula is C24H19FN4O2. The molecule has 1 N–H and O–H groups in total. The zero-order chi connectivity index (χ0) is 21.5. The average molecular weight is 414 g/mol. The number of benzene rings is 3. The SMILES string of the molecule is O=C(COc1ccccc1)NN=Cc1cn(-c2ccccc2)nc1-c1ccc(F)cc1. The van der Waals surface area contributed by atoms with Gasteiger partial charge in [-0.05, 0) is 48.5 Å². The van der Waals surface area contributed by atoms with Gasteiger partial charge in [0.15, 0.2) is 6.61 Å². The Balaban J connectivity index is 1.51. The first kappa shape index (κ1) is 20.0. The van der Waals surface area contributed by atoms with E-state index in [0.29, 0.717) is 17.0 Å². The Hall–Kier alpha value is -4.26. The minimum atomic E-state index is -0.390. The lowest BCUT2D eigenvalue weighted by Gasteiger charge is -2.04. The first-order valence-electron chi connectivity index (χ1n) is 9.60. The normalized spacial score (nSPS) is 10.9. The molecule has 1 amide bonds. The highest BCUT2D eigenvalue weighted by molar-refractivity contribution is 5.89. The van der Waals surface area contributed by atoms with Gasteiger partial charge in [-0.2, -0.15) is 10.2 Å². The molecule has 6 nitrogen and oxygen atoms in total. The van der Waals surface area contributed by atoms with Crippen molar-refractivity contribution in [1.29, 1.82) is 0 Å². The summed E-state index contributed by atoms with van der Waals surface area (Å²) in [5.41, 5.74) is 5.33. The van der Waals surface area contributed by atoms with E-state index in [9.17, 15) is 9.18 Å². The van der Waals surface area contributed by atoms with E-state index in [4.69, 9.17) is 4.74 Å². The smallest absolute Gasteiger partial charge is 0.277 e. The molecule has 3 aromatic carbocycles. The fourth-order valence-electron chi connectivity index (χ4n) is 2.90. The number of aromatic nitrogens is 2. The molecule has 0 spiro atoms. The van der Waals surface area contributed by atoms with Crippen LogP contribution in [-0.2, 0) is 4.79 Å². The molecule has 0 radical (unpaired) electrons. The van der Waals surface area contributed by atoms with Gasteiger partial charge >= 0.3 is 0 Å². The van der Waals surface area contributed by atoms with Crippen molar-refractivity contribution in [3.05, 3.63) is 103 Å². The van der Waals surface area contributed by atoms with Gasteiger partial charge in [0.25, 0.3) is 5.91 Å². The van der Waals surface area contributed by atoms with E-state index in [1.54, 1.807) is 35.1 Å². The van der Waals surface area contributed by atoms with Crippen LogP contribution in [0.2, 0.25) is 0 Å². The van der Waals surface area contributed by atoms with Crippen molar-refractivity contribution in [1.82, 2.24) is 15.2 Å². The third kappa shape index (κ3) is 5.22. The van der Waals surface area contributed by atoms with E-state index in [1.165, 1.54) is 18.3 Å². The molecule has 0 atom stereocenters. The number of para-hydroxylation sites is 2. The molecule has 31 heavy (non-hydrogen) atoms. The maximum absolute atomic E-state index is 13.3. The summed E-state index contributed by atoms with van der Waals surface area (Å²) in [7, 11) is 0. The van der Waals surface area contributed by atoms with Gasteiger partial charge in [0.1, 0.15) is 17.3 Å². The molecule has 154 valence electrons. The number of carbonyl (C=O) groups excluding carboxylic acids is 1. The van der Waals surface area contributed by atoms with Gasteiger partial charge in [-0.3, -0.25) is 4.79 Å². The Kier molecular flexibility index (Phi) is 6.13. The van der Waals surface area contributed by atoms with Gasteiger partial charge in [-0.15, -0.1) is 0 Å². The molecular weight excluding hydrogens is 395 g/mol. The maximum atomic E-state index is 13.3. The number of rotatable bonds is 7. The summed E-state index contributed by atoms with van der Waals surface area (Å²) >= 11 is 0. The molecule has 1 heterocycles. The first-order valence-corrected chi connectivity index (χ1v) is 9.60. The molecule has 7 heteroatoms. The number of halogens is 1. The van der Waals surface area contributed by atoms with Crippen LogP contribution in [0.3, 0.4) is 0 Å². The van der Waals surface area contributed by atoms with Gasteiger partial charge in [-0.1, -0.05) is 36.4 Å². The van der Waals surface area contributed by atoms with Crippen molar-refractivity contribution < 1.29 is 13.9 Å². The van der Waals surface area contributed by atoms with Gasteiger partial charge in [0.05, 0.1) is 11.9 Å². The average Bonchev–Trinajstić information content (AvgIpc) is 3.24. The summed E-state index contributed by atoms with van der Waals surface area (Å²) in [5.74, 6) is -0.115. The molecule has 0 saturated carbocycles. The lowest BCUT2D eigenvalue weighted by Crippen LogP contribution is -2.24. The number of amides is 1. The lowest BCUT2D eigenvalue weighted by atomic mass is 10.1. The Morgan fingerprint density at radius 1 is 1.00 bits per heavy atom. The maximum Gasteiger partial charge on any atom is 0.277 e. The number of nitrogens with zero attached hydrogens (tertiary/aromatic N) is 3. The number of carbonyl (C=O) groups is 1. The minimum Gasteiger partial charge on any atom is -0.484 e. The van der Waals surface area contributed by atoms with Crippen LogP contribution in [0.4, 0.5) is 4.39 Å². The van der Waals surface area contributed by atoms with Crippen molar-refractivity contribution in [2.24, 2.45) is 5.10 Å². The van der Waals surface area contributed by atoms with Crippen LogP contribution in [0.25, 0.3) is 16.9 Å². The fourth-order valence-corrected chi connectivity index (χ4v) is 2.90. The second kappa shape index (κ2) is 9.49. The van der Waals surface area contributed by atoms with Crippen LogP contribution in [0.5, 0.6) is 5.75 Å². The highest BCUT2D eigenvalue weighted by Crippen LogP contribution is 2.23. The predicted molar refractivity (Wildman–Crippen MR) is 117 cm³/mol. The largest absolute Gasteiger partial charge is 0.484 e. The predicted octanol–water partition coefficient (Wildman–Crippen LogP) is 4.21. The highest BCUT2D eigenvalue weighted by Gasteiger charge is 2.11. The van der Waals surface area contributed by atoms with E-state index in [-0.39, 0.29) is 18.3 Å². The third-order valence-corrected chi connectivity index (χ3v) is 4.39. The van der Waals surface area contributed by atoms with Crippen molar-refractivity contribution in [3.8, 4) is 22.7 Å². The van der Waals surface area contributed by atoms with E-state index in [2.05, 4.69) is 15.6 Å². The Morgan fingerprint density at radius 3 is 2.39 bits per heavy atom. The van der Waals surface area contributed by atoms with Crippen LogP contribution in [0, 0.1) is 5.82 Å². The summed E-state index contributed by atoms with van der Waals surface area (Å²) in [6, 6.07) is 24.7. The molecule has 0 unspecified atom stereocenters. The summed E-state index contributed by atoms with van der Waals surface area (Å²) < 4.78 is 20.5. The molecule has 4 aromatic rings. The van der Waals surface area contributed by atoms with E-state index < -0.39 is 0 Å². The summed E-state index contributed by atoms with van der Waals surface area (Å²) in [6.07, 6.45) is 3.30. The standard InChI is InChI=1S/C24H19FN4O2/c25-20-13-11-18(12-14-20)24-19(16-29(28-24)21-7-3-1-4-8-21)15-26-27-23(30)17-31-22-9-5-2-6-10-22/h1-16H,17H2,(H,27,30). The van der Waals surface area contributed by atoms with Crippen LogP contribution in [0.1, 0.15) is 5.56 Å². The first-order chi connectivity index (χ1) is 15.2. The van der Waals surface area contributed by atoms with Gasteiger partial charge < -0.3 is 4.74 Å². The monoisotopic (exact) mass is 414 g/mol. The minimum absolute atomic E-state index is 0.157. The van der Waals surface area contributed by atoms with E-state index >= 15 is 0 Å². The van der Waals surface area contributed by atoms with Crippen LogP contribution < -0.4 is 10.2 Å². The molecule has 0 aliphatic heterocycles. The van der Waals surface area contributed by atoms with Crippen LogP contribution in [0.15, 0.2) is 96.2 Å². The van der Waals surface area contributed by atoms with Crippen molar-refractivity contribution in [2.45, 2.75) is 0 Å². The number of hydrogen-bond donors (Lipinski definition) is 1. The van der Waals surface area contributed by atoms with Crippen molar-refractivity contribution >= 4 is 12.1 Å². The summed E-state index contributed by atoms with van der Waals surface area (Å²) in [6.45, 7) is -0.157. The second-order valence-corrected chi connectivity index (χ2v) is 6.61. The third-order valence-electron chi connectivity index (χ3n) is 4.39.